The number of nitrogens with zero attached hydrogens (tertiary/aromatic N) is 1. The van der Waals surface area contributed by atoms with Crippen LogP contribution in [0.25, 0.3) is 0 Å². The Kier molecular flexibility index (Phi) is 2.73. The van der Waals surface area contributed by atoms with Crippen LogP contribution in [0.2, 0.25) is 0 Å². The Morgan fingerprint density at radius 3 is 3.23 bits per heavy atom. The maximum atomic E-state index is 11.7. The molecule has 1 N–H and O–H groups in total. The van der Waals surface area contributed by atoms with Gasteiger partial charge in [0, 0.05) is 19.6 Å². The molecule has 1 fully saturated rings. The van der Waals surface area contributed by atoms with E-state index >= 15 is 0 Å². The van der Waals surface area contributed by atoms with Crippen molar-refractivity contribution in [1.82, 2.24) is 10.6 Å². The van der Waals surface area contributed by atoms with E-state index in [0.717, 1.165) is 18.0 Å². The van der Waals surface area contributed by atoms with Gasteiger partial charge in [0.25, 0.3) is 0 Å². The predicted molar refractivity (Wildman–Crippen MR) is 52.3 cm³/mol. The number of hydrogen-bond acceptors (Lipinski definition) is 3. The topological polar surface area (TPSA) is 43.2 Å². The van der Waals surface area contributed by atoms with Gasteiger partial charge < -0.3 is 5.32 Å². The van der Waals surface area contributed by atoms with Gasteiger partial charge >= 0.3 is 0 Å². The Morgan fingerprint density at radius 2 is 2.62 bits per heavy atom. The maximum absolute atomic E-state index is 11.7. The lowest BCUT2D eigenvalue weighted by atomic mass is 10.1. The number of ketones is 1. The zero-order chi connectivity index (χ0) is 9.10. The van der Waals surface area contributed by atoms with E-state index in [2.05, 4.69) is 10.6 Å². The first-order valence-corrected chi connectivity index (χ1v) is 5.21. The first-order chi connectivity index (χ1) is 6.38. The number of nitrogens with one attached hydrogen (secondary N) is 1. The molecule has 0 saturated carbocycles. The molecular weight excluding hydrogens is 184 g/mol. The standard InChI is InChI=1S/C9H11N2OS/c12-9(8-2-1-5-13-8)7-6-10-3-4-11-7/h1-2,5,7,10H,3-4,6H2. The van der Waals surface area contributed by atoms with E-state index in [1.54, 1.807) is 0 Å². The second-order valence-electron chi connectivity index (χ2n) is 2.97. The normalized spacial score (nSPS) is 22.9. The highest BCUT2D eigenvalue weighted by Gasteiger charge is 2.23. The first kappa shape index (κ1) is 8.87. The van der Waals surface area contributed by atoms with Gasteiger partial charge in [-0.15, -0.1) is 11.3 Å². The van der Waals surface area contributed by atoms with Crippen LogP contribution in [0.3, 0.4) is 0 Å². The Hall–Kier alpha value is -0.710. The fourth-order valence-corrected chi connectivity index (χ4v) is 2.07. The molecule has 3 nitrogen and oxygen atoms in total. The molecule has 1 unspecified atom stereocenters. The smallest absolute Gasteiger partial charge is 0.192 e. The van der Waals surface area contributed by atoms with Gasteiger partial charge in [-0.3, -0.25) is 4.79 Å². The molecule has 69 valence electrons. The fraction of sp³-hybridized carbons (Fsp3) is 0.444. The monoisotopic (exact) mass is 195 g/mol. The van der Waals surface area contributed by atoms with E-state index < -0.39 is 0 Å². The minimum Gasteiger partial charge on any atom is -0.313 e. The van der Waals surface area contributed by atoms with Gasteiger partial charge in [0.1, 0.15) is 6.04 Å². The molecule has 0 amide bonds. The summed E-state index contributed by atoms with van der Waals surface area (Å²) < 4.78 is 0. The lowest BCUT2D eigenvalue weighted by molar-refractivity contribution is 0.0936. The number of hydrogen-bond donors (Lipinski definition) is 1. The molecule has 1 atom stereocenters. The van der Waals surface area contributed by atoms with Crippen LogP contribution in [0.15, 0.2) is 17.5 Å². The van der Waals surface area contributed by atoms with Crippen molar-refractivity contribution in [2.45, 2.75) is 6.04 Å². The van der Waals surface area contributed by atoms with Gasteiger partial charge in [-0.05, 0) is 11.4 Å². The fourth-order valence-electron chi connectivity index (χ4n) is 1.36. The Balaban J connectivity index is 2.04. The van der Waals surface area contributed by atoms with E-state index in [4.69, 9.17) is 0 Å². The number of carbonyl (C=O) groups excluding carboxylic acids is 1. The summed E-state index contributed by atoms with van der Waals surface area (Å²) in [6, 6.07) is 3.60. The summed E-state index contributed by atoms with van der Waals surface area (Å²) in [5, 5.41) is 9.37. The predicted octanol–water partition coefficient (Wildman–Crippen LogP) is 0.507. The zero-order valence-electron chi connectivity index (χ0n) is 7.19. The summed E-state index contributed by atoms with van der Waals surface area (Å²) in [6.07, 6.45) is 0. The van der Waals surface area contributed by atoms with E-state index in [-0.39, 0.29) is 11.8 Å². The largest absolute Gasteiger partial charge is 0.313 e. The summed E-state index contributed by atoms with van der Waals surface area (Å²) in [5.41, 5.74) is 0. The molecule has 1 saturated heterocycles. The van der Waals surface area contributed by atoms with Crippen LogP contribution < -0.4 is 10.6 Å². The van der Waals surface area contributed by atoms with Crippen molar-refractivity contribution < 1.29 is 4.79 Å². The van der Waals surface area contributed by atoms with Crippen LogP contribution >= 0.6 is 11.3 Å². The van der Waals surface area contributed by atoms with Gasteiger partial charge in [-0.1, -0.05) is 6.07 Å². The van der Waals surface area contributed by atoms with Crippen molar-refractivity contribution in [2.75, 3.05) is 19.6 Å². The summed E-state index contributed by atoms with van der Waals surface area (Å²) in [4.78, 5) is 12.6. The second-order valence-corrected chi connectivity index (χ2v) is 3.92. The van der Waals surface area contributed by atoms with Crippen LogP contribution in [-0.4, -0.2) is 31.5 Å². The van der Waals surface area contributed by atoms with E-state index in [9.17, 15) is 4.79 Å². The molecule has 1 radical (unpaired) electrons. The second kappa shape index (κ2) is 4.00. The third kappa shape index (κ3) is 1.96. The molecule has 4 heteroatoms. The Morgan fingerprint density at radius 1 is 1.69 bits per heavy atom. The van der Waals surface area contributed by atoms with E-state index in [1.807, 2.05) is 17.5 Å². The maximum Gasteiger partial charge on any atom is 0.192 e. The number of rotatable bonds is 2. The quantitative estimate of drug-likeness (QED) is 0.699. The van der Waals surface area contributed by atoms with Crippen LogP contribution in [0.5, 0.6) is 0 Å². The lowest BCUT2D eigenvalue weighted by Gasteiger charge is -2.20. The number of thiophene rings is 1. The van der Waals surface area contributed by atoms with E-state index in [1.165, 1.54) is 11.3 Å². The zero-order valence-corrected chi connectivity index (χ0v) is 8.01. The third-order valence-corrected chi connectivity index (χ3v) is 2.93. The first-order valence-electron chi connectivity index (χ1n) is 4.33. The molecule has 0 aliphatic carbocycles. The van der Waals surface area contributed by atoms with Crippen LogP contribution in [0.4, 0.5) is 0 Å². The van der Waals surface area contributed by atoms with Crippen molar-refractivity contribution in [1.29, 1.82) is 0 Å². The molecule has 0 spiro atoms. The van der Waals surface area contributed by atoms with Crippen LogP contribution in [0.1, 0.15) is 9.67 Å². The van der Waals surface area contributed by atoms with Crippen LogP contribution in [0, 0.1) is 0 Å². The van der Waals surface area contributed by atoms with Crippen molar-refractivity contribution in [3.8, 4) is 0 Å². The molecule has 2 heterocycles. The summed E-state index contributed by atoms with van der Waals surface area (Å²) >= 11 is 1.49. The average Bonchev–Trinajstić information content (AvgIpc) is 2.71. The molecular formula is C9H11N2OS. The van der Waals surface area contributed by atoms with Gasteiger partial charge in [-0.25, -0.2) is 5.32 Å². The average molecular weight is 195 g/mol. The van der Waals surface area contributed by atoms with Gasteiger partial charge in [0.15, 0.2) is 5.78 Å². The van der Waals surface area contributed by atoms with E-state index in [0.29, 0.717) is 6.54 Å². The minimum atomic E-state index is -0.160. The highest BCUT2D eigenvalue weighted by molar-refractivity contribution is 7.12. The molecule has 1 aliphatic heterocycles. The van der Waals surface area contributed by atoms with Crippen molar-refractivity contribution in [3.05, 3.63) is 22.4 Å². The molecule has 1 aromatic heterocycles. The highest BCUT2D eigenvalue weighted by Crippen LogP contribution is 2.12. The summed E-state index contributed by atoms with van der Waals surface area (Å²) in [5.74, 6) is 0.155. The molecule has 13 heavy (non-hydrogen) atoms. The van der Waals surface area contributed by atoms with Crippen molar-refractivity contribution >= 4 is 17.1 Å². The summed E-state index contributed by atoms with van der Waals surface area (Å²) in [7, 11) is 0. The summed E-state index contributed by atoms with van der Waals surface area (Å²) in [6.45, 7) is 2.34. The minimum absolute atomic E-state index is 0.155. The third-order valence-electron chi connectivity index (χ3n) is 2.04. The van der Waals surface area contributed by atoms with Gasteiger partial charge in [-0.2, -0.15) is 0 Å². The van der Waals surface area contributed by atoms with Gasteiger partial charge in [0.2, 0.25) is 0 Å². The lowest BCUT2D eigenvalue weighted by Crippen LogP contribution is -2.48. The van der Waals surface area contributed by atoms with Gasteiger partial charge in [0.05, 0.1) is 4.88 Å². The van der Waals surface area contributed by atoms with Crippen molar-refractivity contribution in [2.24, 2.45) is 0 Å². The van der Waals surface area contributed by atoms with Crippen LogP contribution in [-0.2, 0) is 0 Å². The number of carbonyl (C=O) groups is 1. The number of piperazine rings is 1. The molecule has 2 rings (SSSR count). The van der Waals surface area contributed by atoms with Crippen molar-refractivity contribution in [3.63, 3.8) is 0 Å². The molecule has 1 aromatic rings. The Bertz CT molecular complexity index is 278. The highest BCUT2D eigenvalue weighted by atomic mass is 32.1. The Labute approximate surface area is 81.2 Å². The molecule has 0 bridgehead atoms. The number of Topliss-reactive ketones (excluding diaryl/α,β-unsaturated/α-hetero) is 1. The molecule has 1 aliphatic rings. The molecule has 0 aromatic carbocycles. The SMILES string of the molecule is O=C(c1cccs1)C1CNCC[N]1.